The lowest BCUT2D eigenvalue weighted by Crippen LogP contribution is -2.43. The molecular weight excluding hydrogens is 444 g/mol. The van der Waals surface area contributed by atoms with Crippen molar-refractivity contribution in [2.45, 2.75) is 18.9 Å². The van der Waals surface area contributed by atoms with E-state index in [9.17, 15) is 13.6 Å². The van der Waals surface area contributed by atoms with Crippen LogP contribution >= 0.6 is 0 Å². The minimum absolute atomic E-state index is 0.194. The second-order valence-corrected chi connectivity index (χ2v) is 8.02. The van der Waals surface area contributed by atoms with Gasteiger partial charge in [0, 0.05) is 50.4 Å². The van der Waals surface area contributed by atoms with Gasteiger partial charge in [0.2, 0.25) is 0 Å². The highest BCUT2D eigenvalue weighted by molar-refractivity contribution is 5.94. The third kappa shape index (κ3) is 4.65. The molecule has 4 rings (SSSR count). The first-order valence-corrected chi connectivity index (χ1v) is 10.7. The molecule has 0 spiro atoms. The van der Waals surface area contributed by atoms with Crippen LogP contribution in [0.1, 0.15) is 18.4 Å². The number of amides is 2. The first-order valence-electron chi connectivity index (χ1n) is 10.7. The molecule has 1 aliphatic rings. The third-order valence-corrected chi connectivity index (χ3v) is 5.98. The van der Waals surface area contributed by atoms with Crippen LogP contribution in [-0.4, -0.2) is 75.2 Å². The van der Waals surface area contributed by atoms with Gasteiger partial charge in [0.25, 0.3) is 0 Å². The van der Waals surface area contributed by atoms with Crippen molar-refractivity contribution < 1.29 is 13.6 Å². The molecule has 34 heavy (non-hydrogen) atoms. The minimum atomic E-state index is -0.663. The zero-order valence-electron chi connectivity index (χ0n) is 18.8. The zero-order valence-corrected chi connectivity index (χ0v) is 18.8. The second kappa shape index (κ2) is 9.81. The molecule has 1 fully saturated rings. The Hall–Kier alpha value is -4.09. The molecule has 2 N–H and O–H groups in total. The number of nitrogens with zero attached hydrogens (tertiary/aromatic N) is 8. The maximum atomic E-state index is 14.7. The number of hydrogen-bond acceptors (Lipinski definition) is 6. The molecule has 2 amide bonds. The number of tetrazole rings is 1. The largest absolute Gasteiger partial charge is 0.388 e. The second-order valence-electron chi connectivity index (χ2n) is 8.02. The summed E-state index contributed by atoms with van der Waals surface area (Å²) >= 11 is 0. The monoisotopic (exact) mass is 469 g/mol. The molecule has 3 aromatic rings. The number of hydrazone groups is 1. The predicted molar refractivity (Wildman–Crippen MR) is 122 cm³/mol. The van der Waals surface area contributed by atoms with E-state index in [1.54, 1.807) is 21.9 Å². The maximum Gasteiger partial charge on any atom is 0.324 e. The van der Waals surface area contributed by atoms with Crippen LogP contribution in [-0.2, 0) is 0 Å². The summed E-state index contributed by atoms with van der Waals surface area (Å²) in [5.74, 6) is -1.79. The number of hydrogen-bond donors (Lipinski definition) is 1. The number of urea groups is 1. The van der Waals surface area contributed by atoms with Crippen LogP contribution in [0, 0.1) is 11.6 Å². The number of benzene rings is 2. The van der Waals surface area contributed by atoms with E-state index in [0.717, 1.165) is 23.8 Å². The Morgan fingerprint density at radius 2 is 1.91 bits per heavy atom. The molecule has 0 saturated carbocycles. The van der Waals surface area contributed by atoms with Gasteiger partial charge in [-0.2, -0.15) is 5.10 Å². The van der Waals surface area contributed by atoms with Gasteiger partial charge >= 0.3 is 6.03 Å². The fourth-order valence-electron chi connectivity index (χ4n) is 4.21. The van der Waals surface area contributed by atoms with Crippen LogP contribution in [0.3, 0.4) is 0 Å². The molecule has 178 valence electrons. The molecule has 2 heterocycles. The van der Waals surface area contributed by atoms with Crippen LogP contribution in [0.25, 0.3) is 5.69 Å². The van der Waals surface area contributed by atoms with Crippen molar-refractivity contribution in [1.29, 1.82) is 0 Å². The fraction of sp³-hybridized carbons (Fsp3) is 0.318. The van der Waals surface area contributed by atoms with E-state index in [4.69, 9.17) is 5.73 Å². The molecule has 2 aromatic carbocycles. The quantitative estimate of drug-likeness (QED) is 0.308. The number of halogens is 2. The number of carbonyl (C=O) groups excluding carboxylic acids is 1. The standard InChI is InChI=1S/C22H25F2N9O/c1-15(20(12-30(2)27-13-25)19-8-3-16(23)11-21(19)24)31-9-10-32(22(31)34)17-4-6-18(7-5-17)33-14-26-28-29-33/h3-8,11,13-15,20H,9-10,12H2,1-2H3,(H2,25,27). The van der Waals surface area contributed by atoms with Crippen molar-refractivity contribution in [1.82, 2.24) is 30.1 Å². The topological polar surface area (TPSA) is 109 Å². The highest BCUT2D eigenvalue weighted by atomic mass is 19.1. The van der Waals surface area contributed by atoms with E-state index in [2.05, 4.69) is 20.6 Å². The van der Waals surface area contributed by atoms with Gasteiger partial charge in [-0.25, -0.2) is 18.3 Å². The number of aromatic nitrogens is 4. The van der Waals surface area contributed by atoms with Crippen molar-refractivity contribution in [3.63, 3.8) is 0 Å². The third-order valence-electron chi connectivity index (χ3n) is 5.98. The Labute approximate surface area is 195 Å². The van der Waals surface area contributed by atoms with Crippen LogP contribution in [0.5, 0.6) is 0 Å². The van der Waals surface area contributed by atoms with E-state index in [1.165, 1.54) is 23.1 Å². The van der Waals surface area contributed by atoms with Crippen molar-refractivity contribution in [3.05, 3.63) is 66.0 Å². The Balaban J connectivity index is 1.56. The van der Waals surface area contributed by atoms with Crippen molar-refractivity contribution in [2.75, 3.05) is 31.6 Å². The molecule has 0 bridgehead atoms. The van der Waals surface area contributed by atoms with Gasteiger partial charge in [0.05, 0.1) is 5.69 Å². The average molecular weight is 470 g/mol. The van der Waals surface area contributed by atoms with Crippen molar-refractivity contribution in [3.8, 4) is 5.69 Å². The molecular formula is C22H25F2N9O. The summed E-state index contributed by atoms with van der Waals surface area (Å²) in [6.07, 6.45) is 2.63. The lowest BCUT2D eigenvalue weighted by molar-refractivity contribution is 0.182. The molecule has 0 radical (unpaired) electrons. The number of rotatable bonds is 8. The predicted octanol–water partition coefficient (Wildman–Crippen LogP) is 2.19. The van der Waals surface area contributed by atoms with Gasteiger partial charge in [-0.15, -0.1) is 5.10 Å². The van der Waals surface area contributed by atoms with Crippen LogP contribution in [0.15, 0.2) is 53.9 Å². The summed E-state index contributed by atoms with van der Waals surface area (Å²) < 4.78 is 29.8. The lowest BCUT2D eigenvalue weighted by atomic mass is 9.90. The lowest BCUT2D eigenvalue weighted by Gasteiger charge is -2.34. The molecule has 0 aliphatic carbocycles. The molecule has 2 unspecified atom stereocenters. The van der Waals surface area contributed by atoms with E-state index < -0.39 is 23.6 Å². The van der Waals surface area contributed by atoms with Gasteiger partial charge in [0.1, 0.15) is 24.3 Å². The Bertz CT molecular complexity index is 1150. The van der Waals surface area contributed by atoms with E-state index in [-0.39, 0.29) is 12.6 Å². The highest BCUT2D eigenvalue weighted by Crippen LogP contribution is 2.31. The number of likely N-dealkylation sites (N-methyl/N-ethyl adjacent to an activating group) is 1. The van der Waals surface area contributed by atoms with Gasteiger partial charge in [-0.05, 0) is 53.2 Å². The van der Waals surface area contributed by atoms with Crippen molar-refractivity contribution >= 4 is 18.1 Å². The average Bonchev–Trinajstić information content (AvgIpc) is 3.48. The summed E-state index contributed by atoms with van der Waals surface area (Å²) in [5.41, 5.74) is 7.20. The number of anilines is 1. The minimum Gasteiger partial charge on any atom is -0.388 e. The van der Waals surface area contributed by atoms with Crippen LogP contribution < -0.4 is 10.6 Å². The fourth-order valence-corrected chi connectivity index (χ4v) is 4.21. The van der Waals surface area contributed by atoms with E-state index >= 15 is 0 Å². The molecule has 10 nitrogen and oxygen atoms in total. The summed E-state index contributed by atoms with van der Waals surface area (Å²) in [4.78, 5) is 16.7. The Morgan fingerprint density at radius 1 is 1.18 bits per heavy atom. The molecule has 1 aliphatic heterocycles. The Morgan fingerprint density at radius 3 is 2.56 bits per heavy atom. The summed E-state index contributed by atoms with van der Waals surface area (Å²) in [7, 11) is 1.70. The SMILES string of the molecule is CC(C(CN(C)/N=C\N)c1ccc(F)cc1F)N1CCN(c2ccc(-n3cnnn3)cc2)C1=O. The molecule has 1 saturated heterocycles. The molecule has 12 heteroatoms. The number of carbonyl (C=O) groups is 1. The molecule has 2 atom stereocenters. The maximum absolute atomic E-state index is 14.7. The van der Waals surface area contributed by atoms with Gasteiger partial charge in [-0.1, -0.05) is 6.07 Å². The van der Waals surface area contributed by atoms with E-state index in [0.29, 0.717) is 18.7 Å². The van der Waals surface area contributed by atoms with Gasteiger partial charge in [-0.3, -0.25) is 9.91 Å². The van der Waals surface area contributed by atoms with Gasteiger partial charge < -0.3 is 10.6 Å². The first kappa shape index (κ1) is 23.1. The summed E-state index contributed by atoms with van der Waals surface area (Å²) in [5, 5.41) is 16.7. The zero-order chi connectivity index (χ0) is 24.2. The van der Waals surface area contributed by atoms with Crippen LogP contribution in [0.2, 0.25) is 0 Å². The smallest absolute Gasteiger partial charge is 0.324 e. The number of nitrogens with two attached hydrogens (primary N) is 1. The van der Waals surface area contributed by atoms with Crippen molar-refractivity contribution in [2.24, 2.45) is 10.8 Å². The van der Waals surface area contributed by atoms with Gasteiger partial charge in [0.15, 0.2) is 0 Å². The first-order chi connectivity index (χ1) is 16.4. The summed E-state index contributed by atoms with van der Waals surface area (Å²) in [6, 6.07) is 10.2. The normalized spacial score (nSPS) is 15.8. The summed E-state index contributed by atoms with van der Waals surface area (Å²) in [6.45, 7) is 3.07. The van der Waals surface area contributed by atoms with Crippen LogP contribution in [0.4, 0.5) is 19.3 Å². The highest BCUT2D eigenvalue weighted by Gasteiger charge is 2.37. The Kier molecular flexibility index (Phi) is 6.66. The molecule has 1 aromatic heterocycles. The van der Waals surface area contributed by atoms with E-state index in [1.807, 2.05) is 31.2 Å².